The molecule has 5 heteroatoms. The van der Waals surface area contributed by atoms with Gasteiger partial charge in [0.1, 0.15) is 0 Å². The zero-order valence-electron chi connectivity index (χ0n) is 11.5. The molecule has 20 heavy (non-hydrogen) atoms. The molecule has 1 aliphatic carbocycles. The van der Waals surface area contributed by atoms with Crippen molar-refractivity contribution < 1.29 is 14.1 Å². The van der Waals surface area contributed by atoms with Crippen molar-refractivity contribution >= 4 is 16.6 Å². The Kier molecular flexibility index (Phi) is 5.07. The molecule has 1 fully saturated rings. The summed E-state index contributed by atoms with van der Waals surface area (Å²) in [7, 11) is -1.28. The van der Waals surface area contributed by atoms with Gasteiger partial charge in [0.25, 0.3) is 0 Å². The number of benzene rings is 1. The van der Waals surface area contributed by atoms with Crippen LogP contribution in [0.4, 0.5) is 0 Å². The van der Waals surface area contributed by atoms with Crippen LogP contribution in [0.3, 0.4) is 0 Å². The van der Waals surface area contributed by atoms with Gasteiger partial charge in [0, 0.05) is 16.9 Å². The second kappa shape index (κ2) is 6.61. The smallest absolute Gasteiger partial charge is 0.164 e. The fourth-order valence-corrected chi connectivity index (χ4v) is 4.02. The summed E-state index contributed by atoms with van der Waals surface area (Å²) in [5.41, 5.74) is 5.11. The van der Waals surface area contributed by atoms with E-state index in [1.807, 2.05) is 0 Å². The third kappa shape index (κ3) is 3.75. The normalized spacial score (nSPS) is 18.9. The molecule has 0 aliphatic heterocycles. The Hall–Kier alpha value is -1.04. The third-order valence-electron chi connectivity index (χ3n) is 3.72. The summed E-state index contributed by atoms with van der Waals surface area (Å²) in [5.74, 6) is 0.215. The van der Waals surface area contributed by atoms with Gasteiger partial charge in [-0.05, 0) is 31.5 Å². The minimum Gasteiger partial charge on any atom is -0.389 e. The molecule has 0 saturated heterocycles. The lowest BCUT2D eigenvalue weighted by molar-refractivity contribution is 0.0723. The predicted molar refractivity (Wildman–Crippen MR) is 79.1 cm³/mol. The van der Waals surface area contributed by atoms with Crippen LogP contribution in [0.1, 0.15) is 42.5 Å². The number of ketones is 1. The average Bonchev–Trinajstić information content (AvgIpc) is 2.85. The Labute approximate surface area is 121 Å². The molecule has 0 heterocycles. The molecule has 3 N–H and O–H groups in total. The van der Waals surface area contributed by atoms with Gasteiger partial charge in [-0.3, -0.25) is 9.00 Å². The van der Waals surface area contributed by atoms with E-state index in [1.54, 1.807) is 24.3 Å². The summed E-state index contributed by atoms with van der Waals surface area (Å²) in [6.07, 6.45) is 3.69. The highest BCUT2D eigenvalue weighted by atomic mass is 32.2. The van der Waals surface area contributed by atoms with Gasteiger partial charge in [0.05, 0.1) is 22.2 Å². The molecule has 1 aromatic rings. The van der Waals surface area contributed by atoms with Crippen molar-refractivity contribution in [3.63, 3.8) is 0 Å². The maximum atomic E-state index is 12.4. The van der Waals surface area contributed by atoms with Crippen LogP contribution >= 0.6 is 0 Å². The maximum absolute atomic E-state index is 12.4. The monoisotopic (exact) mass is 295 g/mol. The minimum absolute atomic E-state index is 0.0362. The van der Waals surface area contributed by atoms with E-state index < -0.39 is 16.4 Å². The molecule has 2 rings (SSSR count). The van der Waals surface area contributed by atoms with Crippen molar-refractivity contribution in [2.75, 3.05) is 12.3 Å². The van der Waals surface area contributed by atoms with Crippen LogP contribution in [0.15, 0.2) is 29.2 Å². The maximum Gasteiger partial charge on any atom is 0.164 e. The van der Waals surface area contributed by atoms with Gasteiger partial charge >= 0.3 is 0 Å². The molecule has 1 aliphatic rings. The number of hydrogen-bond donors (Lipinski definition) is 2. The van der Waals surface area contributed by atoms with Crippen molar-refractivity contribution in [1.82, 2.24) is 0 Å². The van der Waals surface area contributed by atoms with Crippen LogP contribution in [-0.4, -0.2) is 33.0 Å². The number of carbonyl (C=O) groups is 1. The first-order chi connectivity index (χ1) is 9.54. The molecule has 0 amide bonds. The number of nitrogens with two attached hydrogens (primary N) is 1. The Bertz CT molecular complexity index is 510. The number of hydrogen-bond acceptors (Lipinski definition) is 4. The molecule has 1 unspecified atom stereocenters. The van der Waals surface area contributed by atoms with Crippen LogP contribution in [0.5, 0.6) is 0 Å². The first-order valence-corrected chi connectivity index (χ1v) is 8.30. The summed E-state index contributed by atoms with van der Waals surface area (Å²) >= 11 is 0. The van der Waals surface area contributed by atoms with E-state index in [0.717, 1.165) is 12.8 Å². The van der Waals surface area contributed by atoms with E-state index >= 15 is 0 Å². The van der Waals surface area contributed by atoms with E-state index in [2.05, 4.69) is 0 Å². The standard InChI is InChI=1S/C15H21NO3S/c16-9-6-14(17)12-4-3-5-13(10-12)20(19)11-15(18)7-1-2-8-15/h3-5,10,18H,1-2,6-9,11,16H2. The number of aliphatic hydroxyl groups is 1. The second-order valence-corrected chi connectivity index (χ2v) is 6.86. The highest BCUT2D eigenvalue weighted by Crippen LogP contribution is 2.31. The van der Waals surface area contributed by atoms with Crippen molar-refractivity contribution in [3.8, 4) is 0 Å². The van der Waals surface area contributed by atoms with E-state index in [-0.39, 0.29) is 11.5 Å². The fourth-order valence-electron chi connectivity index (χ4n) is 2.59. The second-order valence-electron chi connectivity index (χ2n) is 5.41. The largest absolute Gasteiger partial charge is 0.389 e. The lowest BCUT2D eigenvalue weighted by Gasteiger charge is -2.21. The number of Topliss-reactive ketones (excluding diaryl/α,β-unsaturated/α-hetero) is 1. The minimum atomic E-state index is -1.28. The Balaban J connectivity index is 2.10. The van der Waals surface area contributed by atoms with Crippen LogP contribution in [-0.2, 0) is 10.8 Å². The van der Waals surface area contributed by atoms with Gasteiger partial charge in [-0.2, -0.15) is 0 Å². The summed E-state index contributed by atoms with van der Waals surface area (Å²) < 4.78 is 12.4. The Morgan fingerprint density at radius 3 is 2.70 bits per heavy atom. The Morgan fingerprint density at radius 1 is 1.35 bits per heavy atom. The summed E-state index contributed by atoms with van der Waals surface area (Å²) in [4.78, 5) is 12.4. The van der Waals surface area contributed by atoms with Gasteiger partial charge < -0.3 is 10.8 Å². The molecular weight excluding hydrogens is 274 g/mol. The topological polar surface area (TPSA) is 80.4 Å². The molecule has 0 aromatic heterocycles. The van der Waals surface area contributed by atoms with Crippen LogP contribution in [0.25, 0.3) is 0 Å². The fraction of sp³-hybridized carbons (Fsp3) is 0.533. The number of carbonyl (C=O) groups excluding carboxylic acids is 1. The SMILES string of the molecule is NCCC(=O)c1cccc(S(=O)CC2(O)CCCC2)c1. The summed E-state index contributed by atoms with van der Waals surface area (Å²) in [6, 6.07) is 6.85. The first-order valence-electron chi connectivity index (χ1n) is 6.98. The Morgan fingerprint density at radius 2 is 2.05 bits per heavy atom. The first kappa shape index (κ1) is 15.4. The third-order valence-corrected chi connectivity index (χ3v) is 5.30. The van der Waals surface area contributed by atoms with E-state index in [4.69, 9.17) is 5.73 Å². The molecule has 1 aromatic carbocycles. The summed E-state index contributed by atoms with van der Waals surface area (Å²) in [5, 5.41) is 10.3. The van der Waals surface area contributed by atoms with Crippen LogP contribution in [0, 0.1) is 0 Å². The molecular formula is C15H21NO3S. The molecule has 110 valence electrons. The van der Waals surface area contributed by atoms with Crippen molar-refractivity contribution in [3.05, 3.63) is 29.8 Å². The quantitative estimate of drug-likeness (QED) is 0.782. The molecule has 1 atom stereocenters. The van der Waals surface area contributed by atoms with Crippen LogP contribution < -0.4 is 5.73 Å². The lowest BCUT2D eigenvalue weighted by atomic mass is 10.1. The van der Waals surface area contributed by atoms with Gasteiger partial charge in [0.2, 0.25) is 0 Å². The molecule has 4 nitrogen and oxygen atoms in total. The van der Waals surface area contributed by atoms with E-state index in [1.165, 1.54) is 0 Å². The predicted octanol–water partition coefficient (Wildman–Crippen LogP) is 1.63. The van der Waals surface area contributed by atoms with E-state index in [9.17, 15) is 14.1 Å². The van der Waals surface area contributed by atoms with Crippen molar-refractivity contribution in [2.24, 2.45) is 5.73 Å². The highest BCUT2D eigenvalue weighted by molar-refractivity contribution is 7.85. The van der Waals surface area contributed by atoms with Gasteiger partial charge in [0.15, 0.2) is 5.78 Å². The summed E-state index contributed by atoms with van der Waals surface area (Å²) in [6.45, 7) is 0.311. The van der Waals surface area contributed by atoms with E-state index in [0.29, 0.717) is 36.3 Å². The lowest BCUT2D eigenvalue weighted by Crippen LogP contribution is -2.31. The zero-order valence-corrected chi connectivity index (χ0v) is 12.3. The van der Waals surface area contributed by atoms with Crippen molar-refractivity contribution in [1.29, 1.82) is 0 Å². The molecule has 0 bridgehead atoms. The molecule has 0 spiro atoms. The highest BCUT2D eigenvalue weighted by Gasteiger charge is 2.33. The van der Waals surface area contributed by atoms with Gasteiger partial charge in [-0.25, -0.2) is 0 Å². The molecule has 1 saturated carbocycles. The molecule has 0 radical (unpaired) electrons. The van der Waals surface area contributed by atoms with Crippen molar-refractivity contribution in [2.45, 2.75) is 42.6 Å². The average molecular weight is 295 g/mol. The van der Waals surface area contributed by atoms with Gasteiger partial charge in [-0.15, -0.1) is 0 Å². The number of rotatable bonds is 6. The zero-order chi connectivity index (χ0) is 14.6. The van der Waals surface area contributed by atoms with Gasteiger partial charge in [-0.1, -0.05) is 25.0 Å². The van der Waals surface area contributed by atoms with Crippen LogP contribution in [0.2, 0.25) is 0 Å².